The summed E-state index contributed by atoms with van der Waals surface area (Å²) in [6.07, 6.45) is -2.84. The van der Waals surface area contributed by atoms with E-state index in [4.69, 9.17) is 11.6 Å². The number of aromatic nitrogens is 1. The summed E-state index contributed by atoms with van der Waals surface area (Å²) in [5, 5.41) is 2.57. The van der Waals surface area contributed by atoms with Gasteiger partial charge in [-0.2, -0.15) is 13.2 Å². The van der Waals surface area contributed by atoms with Crippen LogP contribution < -0.4 is 5.32 Å². The van der Waals surface area contributed by atoms with Crippen LogP contribution >= 0.6 is 27.5 Å². The van der Waals surface area contributed by atoms with Crippen molar-refractivity contribution in [2.45, 2.75) is 12.7 Å². The fraction of sp³-hybridized carbons (Fsp3) is 0.154. The van der Waals surface area contributed by atoms with Crippen LogP contribution in [0.4, 0.5) is 18.9 Å². The molecule has 0 aliphatic carbocycles. The van der Waals surface area contributed by atoms with Crippen molar-refractivity contribution in [1.29, 1.82) is 0 Å². The lowest BCUT2D eigenvalue weighted by Crippen LogP contribution is -2.08. The van der Waals surface area contributed by atoms with Gasteiger partial charge >= 0.3 is 6.18 Å². The predicted octanol–water partition coefficient (Wildman–Crippen LogP) is 5.13. The van der Waals surface area contributed by atoms with Gasteiger partial charge in [0.15, 0.2) is 0 Å². The second kappa shape index (κ2) is 6.01. The van der Waals surface area contributed by atoms with Gasteiger partial charge in [-0.15, -0.1) is 0 Å². The first-order chi connectivity index (χ1) is 9.36. The largest absolute Gasteiger partial charge is 0.417 e. The molecule has 0 unspecified atom stereocenters. The SMILES string of the molecule is FC(F)(F)c1cc(NCc2ccc(Br)cn2)ccc1Cl. The number of alkyl halides is 3. The summed E-state index contributed by atoms with van der Waals surface area (Å²) in [7, 11) is 0. The van der Waals surface area contributed by atoms with Crippen LogP contribution in [0.2, 0.25) is 5.02 Å². The van der Waals surface area contributed by atoms with Gasteiger partial charge in [-0.1, -0.05) is 11.6 Å². The van der Waals surface area contributed by atoms with Crippen LogP contribution in [0.3, 0.4) is 0 Å². The molecule has 0 aliphatic rings. The summed E-state index contributed by atoms with van der Waals surface area (Å²) in [6, 6.07) is 7.30. The van der Waals surface area contributed by atoms with E-state index in [1.807, 2.05) is 6.07 Å². The molecular formula is C13H9BrClF3N2. The molecule has 0 bridgehead atoms. The lowest BCUT2D eigenvalue weighted by atomic mass is 10.2. The fourth-order valence-corrected chi connectivity index (χ4v) is 2.02. The van der Waals surface area contributed by atoms with Crippen LogP contribution in [0.25, 0.3) is 0 Å². The number of rotatable bonds is 3. The highest BCUT2D eigenvalue weighted by atomic mass is 79.9. The molecule has 0 saturated heterocycles. The highest BCUT2D eigenvalue weighted by Gasteiger charge is 2.33. The third kappa shape index (κ3) is 3.86. The predicted molar refractivity (Wildman–Crippen MR) is 75.7 cm³/mol. The molecule has 0 radical (unpaired) electrons. The summed E-state index contributed by atoms with van der Waals surface area (Å²) < 4.78 is 39.0. The number of anilines is 1. The van der Waals surface area contributed by atoms with E-state index < -0.39 is 11.7 Å². The van der Waals surface area contributed by atoms with Gasteiger partial charge in [-0.05, 0) is 46.3 Å². The first-order valence-electron chi connectivity index (χ1n) is 5.57. The Morgan fingerprint density at radius 3 is 2.55 bits per heavy atom. The van der Waals surface area contributed by atoms with Gasteiger partial charge in [0.05, 0.1) is 22.8 Å². The van der Waals surface area contributed by atoms with E-state index in [1.165, 1.54) is 12.1 Å². The van der Waals surface area contributed by atoms with E-state index in [2.05, 4.69) is 26.2 Å². The van der Waals surface area contributed by atoms with Gasteiger partial charge in [0, 0.05) is 16.4 Å². The summed E-state index contributed by atoms with van der Waals surface area (Å²) in [5.74, 6) is 0. The highest BCUT2D eigenvalue weighted by Crippen LogP contribution is 2.36. The molecule has 0 amide bonds. The smallest absolute Gasteiger partial charge is 0.379 e. The third-order valence-corrected chi connectivity index (χ3v) is 3.33. The molecule has 106 valence electrons. The molecule has 0 spiro atoms. The molecule has 0 saturated carbocycles. The van der Waals surface area contributed by atoms with Crippen LogP contribution in [0.15, 0.2) is 41.0 Å². The Bertz CT molecular complexity index is 600. The Balaban J connectivity index is 2.12. The van der Waals surface area contributed by atoms with Crippen LogP contribution in [-0.2, 0) is 12.7 Å². The number of hydrogen-bond donors (Lipinski definition) is 1. The van der Waals surface area contributed by atoms with Crippen LogP contribution in [-0.4, -0.2) is 4.98 Å². The fourth-order valence-electron chi connectivity index (χ4n) is 1.56. The Labute approximate surface area is 127 Å². The van der Waals surface area contributed by atoms with Crippen molar-refractivity contribution in [3.05, 3.63) is 57.3 Å². The molecule has 0 atom stereocenters. The monoisotopic (exact) mass is 364 g/mol. The average Bonchev–Trinajstić information content (AvgIpc) is 2.38. The number of nitrogens with one attached hydrogen (secondary N) is 1. The van der Waals surface area contributed by atoms with Crippen LogP contribution in [0, 0.1) is 0 Å². The van der Waals surface area contributed by atoms with Crippen molar-refractivity contribution in [3.63, 3.8) is 0 Å². The molecule has 7 heteroatoms. The molecule has 0 fully saturated rings. The maximum atomic E-state index is 12.7. The number of nitrogens with zero attached hydrogens (tertiary/aromatic N) is 1. The maximum Gasteiger partial charge on any atom is 0.417 e. The molecule has 1 heterocycles. The molecule has 1 N–H and O–H groups in total. The normalized spacial score (nSPS) is 11.4. The van der Waals surface area contributed by atoms with Gasteiger partial charge < -0.3 is 5.32 Å². The van der Waals surface area contributed by atoms with Gasteiger partial charge in [-0.3, -0.25) is 4.98 Å². The Morgan fingerprint density at radius 2 is 1.95 bits per heavy atom. The van der Waals surface area contributed by atoms with E-state index >= 15 is 0 Å². The van der Waals surface area contributed by atoms with Crippen molar-refractivity contribution in [2.24, 2.45) is 0 Å². The Kier molecular flexibility index (Phi) is 4.55. The lowest BCUT2D eigenvalue weighted by Gasteiger charge is -2.12. The minimum Gasteiger partial charge on any atom is -0.379 e. The Morgan fingerprint density at radius 1 is 1.20 bits per heavy atom. The molecule has 1 aromatic carbocycles. The highest BCUT2D eigenvalue weighted by molar-refractivity contribution is 9.10. The molecule has 0 aliphatic heterocycles. The van der Waals surface area contributed by atoms with Crippen molar-refractivity contribution in [2.75, 3.05) is 5.32 Å². The summed E-state index contributed by atoms with van der Waals surface area (Å²) in [4.78, 5) is 4.12. The van der Waals surface area contributed by atoms with Crippen molar-refractivity contribution >= 4 is 33.2 Å². The Hall–Kier alpha value is -1.27. The van der Waals surface area contributed by atoms with Gasteiger partial charge in [0.25, 0.3) is 0 Å². The molecule has 2 aromatic rings. The topological polar surface area (TPSA) is 24.9 Å². The number of pyridine rings is 1. The van der Waals surface area contributed by atoms with Crippen molar-refractivity contribution in [1.82, 2.24) is 4.98 Å². The zero-order chi connectivity index (χ0) is 14.8. The number of benzene rings is 1. The average molecular weight is 366 g/mol. The number of halogens is 5. The standard InChI is InChI=1S/C13H9BrClF3N2/c14-8-1-2-10(19-6-8)7-20-9-3-4-12(15)11(5-9)13(16,17)18/h1-6,20H,7H2. The summed E-state index contributed by atoms with van der Waals surface area (Å²) in [5.41, 5.74) is 0.205. The van der Waals surface area contributed by atoms with Crippen molar-refractivity contribution < 1.29 is 13.2 Å². The van der Waals surface area contributed by atoms with Gasteiger partial charge in [0.1, 0.15) is 0 Å². The quantitative estimate of drug-likeness (QED) is 0.816. The molecule has 1 aromatic heterocycles. The summed E-state index contributed by atoms with van der Waals surface area (Å²) >= 11 is 8.81. The van der Waals surface area contributed by atoms with E-state index in [9.17, 15) is 13.2 Å². The molecular weight excluding hydrogens is 357 g/mol. The minimum atomic E-state index is -4.47. The van der Waals surface area contributed by atoms with Crippen LogP contribution in [0.1, 0.15) is 11.3 Å². The summed E-state index contributed by atoms with van der Waals surface area (Å²) in [6.45, 7) is 0.326. The van der Waals surface area contributed by atoms with Crippen LogP contribution in [0.5, 0.6) is 0 Å². The molecule has 2 nitrogen and oxygen atoms in total. The number of hydrogen-bond acceptors (Lipinski definition) is 2. The lowest BCUT2D eigenvalue weighted by molar-refractivity contribution is -0.137. The zero-order valence-electron chi connectivity index (χ0n) is 10.0. The van der Waals surface area contributed by atoms with E-state index in [0.717, 1.165) is 16.2 Å². The molecule has 2 rings (SSSR count). The second-order valence-electron chi connectivity index (χ2n) is 4.01. The van der Waals surface area contributed by atoms with Crippen molar-refractivity contribution in [3.8, 4) is 0 Å². The third-order valence-electron chi connectivity index (χ3n) is 2.53. The van der Waals surface area contributed by atoms with E-state index in [-0.39, 0.29) is 5.02 Å². The minimum absolute atomic E-state index is 0.315. The van der Waals surface area contributed by atoms with E-state index in [1.54, 1.807) is 12.3 Å². The van der Waals surface area contributed by atoms with Gasteiger partial charge in [0.2, 0.25) is 0 Å². The maximum absolute atomic E-state index is 12.7. The first-order valence-corrected chi connectivity index (χ1v) is 6.74. The van der Waals surface area contributed by atoms with Gasteiger partial charge in [-0.25, -0.2) is 0 Å². The molecule has 20 heavy (non-hydrogen) atoms. The first kappa shape index (κ1) is 15.1. The second-order valence-corrected chi connectivity index (χ2v) is 5.34. The van der Waals surface area contributed by atoms with E-state index in [0.29, 0.717) is 12.2 Å². The zero-order valence-corrected chi connectivity index (χ0v) is 12.4.